The maximum Gasteiger partial charge on any atom is 0.133 e. The molecule has 0 aliphatic heterocycles. The van der Waals surface area contributed by atoms with Crippen molar-refractivity contribution in [3.8, 4) is 0 Å². The Morgan fingerprint density at radius 2 is 1.78 bits per heavy atom. The molecular formula is C21H30O2. The van der Waals surface area contributed by atoms with Crippen molar-refractivity contribution in [1.82, 2.24) is 0 Å². The summed E-state index contributed by atoms with van der Waals surface area (Å²) in [5.74, 6) is 3.61. The third kappa shape index (κ3) is 2.06. The van der Waals surface area contributed by atoms with Gasteiger partial charge in [-0.1, -0.05) is 26.0 Å². The van der Waals surface area contributed by atoms with Crippen LogP contribution in [-0.2, 0) is 9.59 Å². The molecule has 0 aromatic heterocycles. The molecule has 3 saturated carbocycles. The molecule has 2 heteroatoms. The van der Waals surface area contributed by atoms with E-state index in [1.54, 1.807) is 6.92 Å². The second kappa shape index (κ2) is 5.04. The number of hydrogen-bond donors (Lipinski definition) is 0. The summed E-state index contributed by atoms with van der Waals surface area (Å²) in [6.07, 6.45) is 12.2. The first-order valence-corrected chi connectivity index (χ1v) is 9.57. The lowest BCUT2D eigenvalue weighted by Gasteiger charge is -2.57. The van der Waals surface area contributed by atoms with E-state index in [4.69, 9.17) is 0 Å². The molecule has 0 spiro atoms. The molecule has 0 aromatic carbocycles. The minimum Gasteiger partial charge on any atom is -0.300 e. The van der Waals surface area contributed by atoms with Crippen LogP contribution in [0.3, 0.4) is 0 Å². The molecule has 0 N–H and O–H groups in total. The van der Waals surface area contributed by atoms with Crippen LogP contribution in [0, 0.1) is 40.4 Å². The Bertz CT molecular complexity index is 576. The third-order valence-corrected chi connectivity index (χ3v) is 8.47. The topological polar surface area (TPSA) is 34.1 Å². The number of ketones is 2. The van der Waals surface area contributed by atoms with Crippen LogP contribution in [0.2, 0.25) is 0 Å². The average molecular weight is 314 g/mol. The maximum atomic E-state index is 12.1. The van der Waals surface area contributed by atoms with Crippen molar-refractivity contribution in [3.05, 3.63) is 12.2 Å². The van der Waals surface area contributed by atoms with Crippen molar-refractivity contribution >= 4 is 11.6 Å². The quantitative estimate of drug-likeness (QED) is 0.664. The molecule has 0 bridgehead atoms. The summed E-state index contributed by atoms with van der Waals surface area (Å²) in [5, 5.41) is 0. The average Bonchev–Trinajstić information content (AvgIpc) is 2.85. The highest BCUT2D eigenvalue weighted by atomic mass is 16.1. The summed E-state index contributed by atoms with van der Waals surface area (Å²) in [6.45, 7) is 6.64. The molecule has 0 saturated heterocycles. The molecule has 23 heavy (non-hydrogen) atoms. The second-order valence-corrected chi connectivity index (χ2v) is 9.32. The minimum absolute atomic E-state index is 0.213. The fraction of sp³-hybridized carbons (Fsp3) is 0.810. The molecule has 7 unspecified atom stereocenters. The van der Waals surface area contributed by atoms with Gasteiger partial charge in [-0.15, -0.1) is 0 Å². The largest absolute Gasteiger partial charge is 0.300 e. The predicted octanol–water partition coefficient (Wildman–Crippen LogP) is 4.58. The summed E-state index contributed by atoms with van der Waals surface area (Å²) in [7, 11) is 0. The van der Waals surface area contributed by atoms with Crippen molar-refractivity contribution in [1.29, 1.82) is 0 Å². The summed E-state index contributed by atoms with van der Waals surface area (Å²) in [6, 6.07) is 0. The van der Waals surface area contributed by atoms with Gasteiger partial charge in [0.25, 0.3) is 0 Å². The second-order valence-electron chi connectivity index (χ2n) is 9.32. The lowest BCUT2D eigenvalue weighted by atomic mass is 9.46. The first kappa shape index (κ1) is 15.6. The normalized spacial score (nSPS) is 51.8. The van der Waals surface area contributed by atoms with E-state index in [1.165, 1.54) is 19.3 Å². The predicted molar refractivity (Wildman–Crippen MR) is 90.8 cm³/mol. The molecule has 4 aliphatic rings. The Hall–Kier alpha value is -0.920. The van der Waals surface area contributed by atoms with E-state index in [0.717, 1.165) is 31.6 Å². The highest BCUT2D eigenvalue weighted by molar-refractivity contribution is 5.80. The van der Waals surface area contributed by atoms with Gasteiger partial charge in [0.1, 0.15) is 11.6 Å². The van der Waals surface area contributed by atoms with Gasteiger partial charge >= 0.3 is 0 Å². The van der Waals surface area contributed by atoms with E-state index in [9.17, 15) is 9.59 Å². The molecule has 0 radical (unpaired) electrons. The van der Waals surface area contributed by atoms with Crippen LogP contribution in [0.5, 0.6) is 0 Å². The molecular weight excluding hydrogens is 284 g/mol. The summed E-state index contributed by atoms with van der Waals surface area (Å²) in [4.78, 5) is 24.0. The van der Waals surface area contributed by atoms with Crippen LogP contribution in [0.15, 0.2) is 12.2 Å². The van der Waals surface area contributed by atoms with Crippen LogP contribution in [0.4, 0.5) is 0 Å². The number of carbonyl (C=O) groups is 2. The third-order valence-electron chi connectivity index (χ3n) is 8.47. The van der Waals surface area contributed by atoms with Crippen molar-refractivity contribution in [2.24, 2.45) is 40.4 Å². The fourth-order valence-corrected chi connectivity index (χ4v) is 7.09. The zero-order valence-electron chi connectivity index (χ0n) is 14.8. The van der Waals surface area contributed by atoms with Gasteiger partial charge in [-0.2, -0.15) is 0 Å². The van der Waals surface area contributed by atoms with Crippen LogP contribution >= 0.6 is 0 Å². The number of Topliss-reactive ketones (excluding diaryl/α,β-unsaturated/α-hetero) is 2. The van der Waals surface area contributed by atoms with Gasteiger partial charge in [-0.25, -0.2) is 0 Å². The first-order chi connectivity index (χ1) is 10.9. The van der Waals surface area contributed by atoms with Gasteiger partial charge in [0.05, 0.1) is 0 Å². The van der Waals surface area contributed by atoms with Gasteiger partial charge in [-0.05, 0) is 73.5 Å². The van der Waals surface area contributed by atoms with Crippen molar-refractivity contribution in [2.75, 3.05) is 0 Å². The lowest BCUT2D eigenvalue weighted by Crippen LogP contribution is -2.52. The van der Waals surface area contributed by atoms with Gasteiger partial charge in [0, 0.05) is 18.8 Å². The van der Waals surface area contributed by atoms with Gasteiger partial charge in [-0.3, -0.25) is 9.59 Å². The van der Waals surface area contributed by atoms with E-state index in [2.05, 4.69) is 26.0 Å². The Balaban J connectivity index is 1.68. The van der Waals surface area contributed by atoms with Crippen LogP contribution in [0.25, 0.3) is 0 Å². The van der Waals surface area contributed by atoms with E-state index >= 15 is 0 Å². The number of allylic oxidation sites excluding steroid dienone is 2. The van der Waals surface area contributed by atoms with Crippen LogP contribution in [0.1, 0.15) is 65.7 Å². The van der Waals surface area contributed by atoms with Crippen LogP contribution < -0.4 is 0 Å². The number of fused-ring (bicyclic) bond motifs is 5. The molecule has 4 aliphatic carbocycles. The van der Waals surface area contributed by atoms with Gasteiger partial charge in [0.15, 0.2) is 0 Å². The van der Waals surface area contributed by atoms with E-state index in [0.29, 0.717) is 34.7 Å². The molecule has 7 atom stereocenters. The highest BCUT2D eigenvalue weighted by Gasteiger charge is 2.59. The Morgan fingerprint density at radius 3 is 2.52 bits per heavy atom. The zero-order chi connectivity index (χ0) is 16.4. The van der Waals surface area contributed by atoms with Crippen molar-refractivity contribution < 1.29 is 9.59 Å². The standard InChI is InChI=1S/C21H30O2/c1-13(22)17-6-7-18-16-5-4-14-12-15(23)8-10-20(14,2)19(16)9-11-21(17,18)3/h4-5,14,16-19H,6-12H2,1-3H3. The van der Waals surface area contributed by atoms with Gasteiger partial charge in [0.2, 0.25) is 0 Å². The maximum absolute atomic E-state index is 12.1. The molecule has 3 fully saturated rings. The fourth-order valence-electron chi connectivity index (χ4n) is 7.09. The SMILES string of the molecule is CC(=O)C1CCC2C3C=CC4CC(=O)CCC4(C)C3CCC12C. The molecule has 0 aromatic rings. The van der Waals surface area contributed by atoms with E-state index in [1.807, 2.05) is 0 Å². The van der Waals surface area contributed by atoms with Crippen molar-refractivity contribution in [2.45, 2.75) is 65.7 Å². The minimum atomic E-state index is 0.213. The zero-order valence-corrected chi connectivity index (χ0v) is 14.8. The number of rotatable bonds is 1. The Labute approximate surface area is 140 Å². The molecule has 2 nitrogen and oxygen atoms in total. The molecule has 0 heterocycles. The van der Waals surface area contributed by atoms with E-state index < -0.39 is 0 Å². The Morgan fingerprint density at radius 1 is 1.04 bits per heavy atom. The molecule has 0 amide bonds. The van der Waals surface area contributed by atoms with Crippen molar-refractivity contribution in [3.63, 3.8) is 0 Å². The summed E-state index contributed by atoms with van der Waals surface area (Å²) < 4.78 is 0. The Kier molecular flexibility index (Phi) is 3.42. The number of hydrogen-bond acceptors (Lipinski definition) is 2. The van der Waals surface area contributed by atoms with Gasteiger partial charge < -0.3 is 0 Å². The monoisotopic (exact) mass is 314 g/mol. The summed E-state index contributed by atoms with van der Waals surface area (Å²) >= 11 is 0. The highest BCUT2D eigenvalue weighted by Crippen LogP contribution is 2.65. The van der Waals surface area contributed by atoms with E-state index in [-0.39, 0.29) is 11.3 Å². The van der Waals surface area contributed by atoms with Crippen LogP contribution in [-0.4, -0.2) is 11.6 Å². The lowest BCUT2D eigenvalue weighted by molar-refractivity contribution is -0.132. The number of carbonyl (C=O) groups excluding carboxylic acids is 2. The molecule has 126 valence electrons. The molecule has 4 rings (SSSR count). The summed E-state index contributed by atoms with van der Waals surface area (Å²) in [5.41, 5.74) is 0.522. The first-order valence-electron chi connectivity index (χ1n) is 9.57. The smallest absolute Gasteiger partial charge is 0.133 e.